The second-order valence-corrected chi connectivity index (χ2v) is 4.74. The Morgan fingerprint density at radius 3 is 2.58 bits per heavy atom. The van der Waals surface area contributed by atoms with E-state index in [1.165, 1.54) is 0 Å². The SMILES string of the molecule is CC(C)CCSCC(Cl)C(=O)O. The van der Waals surface area contributed by atoms with Crippen LogP contribution >= 0.6 is 23.4 Å². The van der Waals surface area contributed by atoms with Gasteiger partial charge in [0.2, 0.25) is 0 Å². The quantitative estimate of drug-likeness (QED) is 0.541. The number of aliphatic carboxylic acids is 1. The minimum absolute atomic E-state index is 0.504. The van der Waals surface area contributed by atoms with Crippen LogP contribution in [0.1, 0.15) is 20.3 Å². The Kier molecular flexibility index (Phi) is 6.67. The van der Waals surface area contributed by atoms with Gasteiger partial charge in [0.15, 0.2) is 0 Å². The molecular weight excluding hydrogens is 196 g/mol. The maximum atomic E-state index is 10.3. The smallest absolute Gasteiger partial charge is 0.322 e. The van der Waals surface area contributed by atoms with E-state index in [1.807, 2.05) is 0 Å². The van der Waals surface area contributed by atoms with Gasteiger partial charge in [0.1, 0.15) is 5.38 Å². The van der Waals surface area contributed by atoms with Gasteiger partial charge in [0, 0.05) is 5.75 Å². The molecule has 0 aromatic heterocycles. The molecule has 0 saturated heterocycles. The number of carboxylic acid groups (broad SMARTS) is 1. The molecule has 0 aromatic rings. The molecule has 4 heteroatoms. The van der Waals surface area contributed by atoms with Gasteiger partial charge in [0.25, 0.3) is 0 Å². The molecule has 0 fully saturated rings. The standard InChI is InChI=1S/C8H15ClO2S/c1-6(2)3-4-12-5-7(9)8(10)11/h6-7H,3-5H2,1-2H3,(H,10,11). The highest BCUT2D eigenvalue weighted by molar-refractivity contribution is 7.99. The molecule has 1 N–H and O–H groups in total. The topological polar surface area (TPSA) is 37.3 Å². The fourth-order valence-electron chi connectivity index (χ4n) is 0.577. The monoisotopic (exact) mass is 210 g/mol. The summed E-state index contributed by atoms with van der Waals surface area (Å²) in [4.78, 5) is 10.3. The summed E-state index contributed by atoms with van der Waals surface area (Å²) in [5, 5.41) is 7.71. The average molecular weight is 211 g/mol. The second kappa shape index (κ2) is 6.61. The highest BCUT2D eigenvalue weighted by Gasteiger charge is 2.12. The molecule has 0 saturated carbocycles. The number of alkyl halides is 1. The average Bonchev–Trinajstić information content (AvgIpc) is 1.97. The molecular formula is C8H15ClO2S. The molecule has 0 aliphatic rings. The van der Waals surface area contributed by atoms with E-state index in [2.05, 4.69) is 13.8 Å². The molecule has 0 amide bonds. The van der Waals surface area contributed by atoms with E-state index in [9.17, 15) is 4.79 Å². The molecule has 0 rings (SSSR count). The van der Waals surface area contributed by atoms with Gasteiger partial charge < -0.3 is 5.11 Å². The highest BCUT2D eigenvalue weighted by Crippen LogP contribution is 2.12. The van der Waals surface area contributed by atoms with E-state index in [-0.39, 0.29) is 0 Å². The van der Waals surface area contributed by atoms with Crippen LogP contribution in [0.3, 0.4) is 0 Å². The maximum absolute atomic E-state index is 10.3. The molecule has 72 valence electrons. The van der Waals surface area contributed by atoms with Crippen molar-refractivity contribution < 1.29 is 9.90 Å². The van der Waals surface area contributed by atoms with Crippen LogP contribution in [0.2, 0.25) is 0 Å². The van der Waals surface area contributed by atoms with Gasteiger partial charge >= 0.3 is 5.97 Å². The third kappa shape index (κ3) is 6.80. The van der Waals surface area contributed by atoms with Gasteiger partial charge in [-0.3, -0.25) is 4.79 Å². The summed E-state index contributed by atoms with van der Waals surface area (Å²) in [5.74, 6) is 1.25. The second-order valence-electron chi connectivity index (χ2n) is 3.06. The van der Waals surface area contributed by atoms with Crippen molar-refractivity contribution in [2.24, 2.45) is 5.92 Å². The first-order valence-corrected chi connectivity index (χ1v) is 5.57. The Balaban J connectivity index is 3.25. The van der Waals surface area contributed by atoms with Gasteiger partial charge in [0.05, 0.1) is 0 Å². The number of carbonyl (C=O) groups is 1. The summed E-state index contributed by atoms with van der Waals surface area (Å²) in [5.41, 5.74) is 0. The summed E-state index contributed by atoms with van der Waals surface area (Å²) < 4.78 is 0. The molecule has 0 spiro atoms. The largest absolute Gasteiger partial charge is 0.480 e. The van der Waals surface area contributed by atoms with Gasteiger partial charge in [-0.05, 0) is 18.1 Å². The zero-order chi connectivity index (χ0) is 9.56. The van der Waals surface area contributed by atoms with Gasteiger partial charge in [-0.1, -0.05) is 13.8 Å². The summed E-state index contributed by atoms with van der Waals surface area (Å²) in [6.45, 7) is 4.30. The van der Waals surface area contributed by atoms with Crippen LogP contribution in [-0.2, 0) is 4.79 Å². The predicted octanol–water partition coefficient (Wildman–Crippen LogP) is 2.46. The lowest BCUT2D eigenvalue weighted by atomic mass is 10.2. The van der Waals surface area contributed by atoms with E-state index in [4.69, 9.17) is 16.7 Å². The molecule has 0 aliphatic carbocycles. The van der Waals surface area contributed by atoms with Crippen molar-refractivity contribution in [3.8, 4) is 0 Å². The zero-order valence-corrected chi connectivity index (χ0v) is 8.99. The lowest BCUT2D eigenvalue weighted by molar-refractivity contribution is -0.136. The molecule has 0 aromatic carbocycles. The Hall–Kier alpha value is 0.110. The zero-order valence-electron chi connectivity index (χ0n) is 7.42. The van der Waals surface area contributed by atoms with E-state index in [1.54, 1.807) is 11.8 Å². The first-order chi connectivity index (χ1) is 5.54. The third-order valence-corrected chi connectivity index (χ3v) is 2.99. The van der Waals surface area contributed by atoms with Crippen molar-refractivity contribution >= 4 is 29.3 Å². The molecule has 12 heavy (non-hydrogen) atoms. The van der Waals surface area contributed by atoms with Crippen LogP contribution in [0, 0.1) is 5.92 Å². The Morgan fingerprint density at radius 2 is 2.17 bits per heavy atom. The molecule has 0 heterocycles. The van der Waals surface area contributed by atoms with E-state index < -0.39 is 11.3 Å². The molecule has 0 bridgehead atoms. The number of halogens is 1. The first-order valence-electron chi connectivity index (χ1n) is 3.98. The molecule has 1 unspecified atom stereocenters. The van der Waals surface area contributed by atoms with Crippen molar-refractivity contribution in [2.75, 3.05) is 11.5 Å². The van der Waals surface area contributed by atoms with Crippen LogP contribution in [0.4, 0.5) is 0 Å². The van der Waals surface area contributed by atoms with Crippen LogP contribution in [0.15, 0.2) is 0 Å². The number of rotatable bonds is 6. The molecule has 0 radical (unpaired) electrons. The van der Waals surface area contributed by atoms with Gasteiger partial charge in [-0.15, -0.1) is 11.6 Å². The van der Waals surface area contributed by atoms with Crippen LogP contribution in [-0.4, -0.2) is 28.0 Å². The number of hydrogen-bond acceptors (Lipinski definition) is 2. The normalized spacial score (nSPS) is 13.3. The van der Waals surface area contributed by atoms with Crippen molar-refractivity contribution in [1.29, 1.82) is 0 Å². The summed E-state index contributed by atoms with van der Waals surface area (Å²) in [6.07, 6.45) is 1.12. The van der Waals surface area contributed by atoms with Crippen molar-refractivity contribution in [3.05, 3.63) is 0 Å². The molecule has 0 aliphatic heterocycles. The minimum atomic E-state index is -0.922. The lowest BCUT2D eigenvalue weighted by Crippen LogP contribution is -2.16. The van der Waals surface area contributed by atoms with E-state index in [0.717, 1.165) is 12.2 Å². The Bertz CT molecular complexity index is 139. The van der Waals surface area contributed by atoms with E-state index in [0.29, 0.717) is 11.7 Å². The fourth-order valence-corrected chi connectivity index (χ4v) is 2.00. The number of hydrogen-bond donors (Lipinski definition) is 1. The van der Waals surface area contributed by atoms with Crippen LogP contribution < -0.4 is 0 Å². The third-order valence-electron chi connectivity index (χ3n) is 1.37. The summed E-state index contributed by atoms with van der Waals surface area (Å²) in [7, 11) is 0. The Morgan fingerprint density at radius 1 is 1.58 bits per heavy atom. The van der Waals surface area contributed by atoms with Gasteiger partial charge in [-0.2, -0.15) is 11.8 Å². The number of thioether (sulfide) groups is 1. The van der Waals surface area contributed by atoms with Crippen molar-refractivity contribution in [3.63, 3.8) is 0 Å². The fraction of sp³-hybridized carbons (Fsp3) is 0.875. The van der Waals surface area contributed by atoms with Gasteiger partial charge in [-0.25, -0.2) is 0 Å². The number of carboxylic acids is 1. The predicted molar refractivity (Wildman–Crippen MR) is 54.1 cm³/mol. The summed E-state index contributed by atoms with van der Waals surface area (Å²) >= 11 is 7.12. The van der Waals surface area contributed by atoms with Crippen LogP contribution in [0.25, 0.3) is 0 Å². The van der Waals surface area contributed by atoms with E-state index >= 15 is 0 Å². The summed E-state index contributed by atoms with van der Waals surface area (Å²) in [6, 6.07) is 0. The minimum Gasteiger partial charge on any atom is -0.480 e. The van der Waals surface area contributed by atoms with Crippen molar-refractivity contribution in [1.82, 2.24) is 0 Å². The highest BCUT2D eigenvalue weighted by atomic mass is 35.5. The first kappa shape index (κ1) is 12.1. The molecule has 2 nitrogen and oxygen atoms in total. The lowest BCUT2D eigenvalue weighted by Gasteiger charge is -2.05. The van der Waals surface area contributed by atoms with Crippen molar-refractivity contribution in [2.45, 2.75) is 25.6 Å². The molecule has 1 atom stereocenters. The Labute approximate surface area is 82.7 Å². The maximum Gasteiger partial charge on any atom is 0.322 e. The van der Waals surface area contributed by atoms with Crippen LogP contribution in [0.5, 0.6) is 0 Å².